The summed E-state index contributed by atoms with van der Waals surface area (Å²) in [5.74, 6) is 0.762. The van der Waals surface area contributed by atoms with E-state index in [2.05, 4.69) is 20.8 Å². The highest BCUT2D eigenvalue weighted by Gasteiger charge is 2.42. The largest absolute Gasteiger partial charge is 0.459 e. The van der Waals surface area contributed by atoms with Gasteiger partial charge < -0.3 is 19.5 Å². The minimum absolute atomic E-state index is 0.000684. The third-order valence-electron chi connectivity index (χ3n) is 5.27. The number of hydrogen-bond acceptors (Lipinski definition) is 4. The van der Waals surface area contributed by atoms with Crippen LogP contribution >= 0.6 is 0 Å². The Hall–Kier alpha value is -1.07. The summed E-state index contributed by atoms with van der Waals surface area (Å²) >= 11 is 0. The Kier molecular flexibility index (Phi) is 7.32. The fourth-order valence-corrected chi connectivity index (χ4v) is 3.94. The Balaban J connectivity index is 2.26. The van der Waals surface area contributed by atoms with Crippen molar-refractivity contribution >= 4 is 5.91 Å². The van der Waals surface area contributed by atoms with Gasteiger partial charge in [0, 0.05) is 32.2 Å². The molecule has 0 aromatic carbocycles. The van der Waals surface area contributed by atoms with Crippen molar-refractivity contribution in [3.05, 3.63) is 11.8 Å². The Bertz CT molecular complexity index is 463. The highest BCUT2D eigenvalue weighted by Crippen LogP contribution is 2.43. The first-order chi connectivity index (χ1) is 11.9. The zero-order valence-electron chi connectivity index (χ0n) is 16.3. The van der Waals surface area contributed by atoms with E-state index in [0.717, 1.165) is 32.4 Å². The molecule has 1 amide bonds. The zero-order chi connectivity index (χ0) is 18.4. The Morgan fingerprint density at radius 3 is 2.56 bits per heavy atom. The van der Waals surface area contributed by atoms with Gasteiger partial charge in [-0.25, -0.2) is 0 Å². The molecular weight excluding hydrogens is 318 g/mol. The molecule has 2 heterocycles. The molecular formula is C20H35NO4. The van der Waals surface area contributed by atoms with E-state index in [-0.39, 0.29) is 29.8 Å². The van der Waals surface area contributed by atoms with Gasteiger partial charge in [0.1, 0.15) is 0 Å². The normalized spacial score (nSPS) is 27.6. The Labute approximate surface area is 152 Å². The standard InChI is InChI=1S/C20H35NO4/c1-5-24-19-15(10-9-13-22)16(20(2,3)4)14-17(25-19)18(23)21-11-7-6-8-12-21/h14-16,19,22H,5-13H2,1-4H3/t15-,16-,19+/m0/s1. The molecule has 144 valence electrons. The van der Waals surface area contributed by atoms with E-state index in [4.69, 9.17) is 9.47 Å². The number of piperidine rings is 1. The van der Waals surface area contributed by atoms with E-state index in [1.807, 2.05) is 17.9 Å². The maximum absolute atomic E-state index is 12.9. The second-order valence-corrected chi connectivity index (χ2v) is 8.25. The molecule has 2 aliphatic heterocycles. The SMILES string of the molecule is CCO[C@@H]1OC(C(=O)N2CCCCC2)=C[C@H](C(C)(C)C)[C@@H]1CCCO. The van der Waals surface area contributed by atoms with E-state index in [1.165, 1.54) is 6.42 Å². The number of rotatable bonds is 6. The van der Waals surface area contributed by atoms with Crippen molar-refractivity contribution in [3.8, 4) is 0 Å². The number of carbonyl (C=O) groups is 1. The van der Waals surface area contributed by atoms with E-state index in [0.29, 0.717) is 18.8 Å². The molecule has 0 unspecified atom stereocenters. The molecule has 0 aromatic rings. The highest BCUT2D eigenvalue weighted by molar-refractivity contribution is 5.91. The predicted octanol–water partition coefficient (Wildman–Crippen LogP) is 3.33. The van der Waals surface area contributed by atoms with Gasteiger partial charge in [-0.1, -0.05) is 20.8 Å². The molecule has 1 fully saturated rings. The topological polar surface area (TPSA) is 59.0 Å². The van der Waals surface area contributed by atoms with Crippen LogP contribution in [0.1, 0.15) is 59.8 Å². The van der Waals surface area contributed by atoms with E-state index >= 15 is 0 Å². The summed E-state index contributed by atoms with van der Waals surface area (Å²) < 4.78 is 11.9. The van der Waals surface area contributed by atoms with Gasteiger partial charge in [-0.2, -0.15) is 0 Å². The van der Waals surface area contributed by atoms with Gasteiger partial charge >= 0.3 is 0 Å². The molecule has 2 aliphatic rings. The van der Waals surface area contributed by atoms with Crippen LogP contribution in [-0.2, 0) is 14.3 Å². The lowest BCUT2D eigenvalue weighted by atomic mass is 9.70. The van der Waals surface area contributed by atoms with Gasteiger partial charge in [-0.05, 0) is 56.4 Å². The molecule has 0 radical (unpaired) electrons. The van der Waals surface area contributed by atoms with Crippen LogP contribution in [0.4, 0.5) is 0 Å². The second kappa shape index (κ2) is 9.04. The van der Waals surface area contributed by atoms with Crippen molar-refractivity contribution in [2.24, 2.45) is 17.3 Å². The van der Waals surface area contributed by atoms with Crippen molar-refractivity contribution in [2.45, 2.75) is 66.1 Å². The van der Waals surface area contributed by atoms with Crippen LogP contribution in [-0.4, -0.2) is 48.5 Å². The summed E-state index contributed by atoms with van der Waals surface area (Å²) in [7, 11) is 0. The molecule has 3 atom stereocenters. The third-order valence-corrected chi connectivity index (χ3v) is 5.27. The first kappa shape index (κ1) is 20.2. The number of aliphatic hydroxyl groups is 1. The number of ether oxygens (including phenoxy) is 2. The average Bonchev–Trinajstić information content (AvgIpc) is 2.59. The van der Waals surface area contributed by atoms with Crippen molar-refractivity contribution < 1.29 is 19.4 Å². The summed E-state index contributed by atoms with van der Waals surface area (Å²) in [5, 5.41) is 9.25. The summed E-state index contributed by atoms with van der Waals surface area (Å²) in [4.78, 5) is 14.8. The van der Waals surface area contributed by atoms with E-state index in [1.54, 1.807) is 0 Å². The molecule has 0 aromatic heterocycles. The van der Waals surface area contributed by atoms with Crippen LogP contribution in [0.2, 0.25) is 0 Å². The molecule has 5 nitrogen and oxygen atoms in total. The number of aliphatic hydroxyl groups excluding tert-OH is 1. The van der Waals surface area contributed by atoms with Gasteiger partial charge in [-0.15, -0.1) is 0 Å². The first-order valence-corrected chi connectivity index (χ1v) is 9.78. The van der Waals surface area contributed by atoms with Gasteiger partial charge in [-0.3, -0.25) is 4.79 Å². The van der Waals surface area contributed by atoms with Crippen LogP contribution < -0.4 is 0 Å². The van der Waals surface area contributed by atoms with Crippen LogP contribution in [0.25, 0.3) is 0 Å². The molecule has 1 N–H and O–H groups in total. The van der Waals surface area contributed by atoms with Crippen molar-refractivity contribution in [3.63, 3.8) is 0 Å². The zero-order valence-corrected chi connectivity index (χ0v) is 16.3. The molecule has 0 bridgehead atoms. The van der Waals surface area contributed by atoms with Gasteiger partial charge in [0.05, 0.1) is 0 Å². The summed E-state index contributed by atoms with van der Waals surface area (Å²) in [6.45, 7) is 10.9. The van der Waals surface area contributed by atoms with Crippen LogP contribution in [0, 0.1) is 17.3 Å². The van der Waals surface area contributed by atoms with Crippen molar-refractivity contribution in [1.29, 1.82) is 0 Å². The van der Waals surface area contributed by atoms with Gasteiger partial charge in [0.2, 0.25) is 6.29 Å². The predicted molar refractivity (Wildman–Crippen MR) is 97.8 cm³/mol. The Morgan fingerprint density at radius 2 is 2.00 bits per heavy atom. The molecule has 2 rings (SSSR count). The third kappa shape index (κ3) is 5.20. The minimum atomic E-state index is -0.422. The summed E-state index contributed by atoms with van der Waals surface area (Å²) in [6, 6.07) is 0. The number of nitrogens with zero attached hydrogens (tertiary/aromatic N) is 1. The lowest BCUT2D eigenvalue weighted by Crippen LogP contribution is -2.45. The lowest BCUT2D eigenvalue weighted by Gasteiger charge is -2.43. The van der Waals surface area contributed by atoms with Gasteiger partial charge in [0.15, 0.2) is 5.76 Å². The van der Waals surface area contributed by atoms with Crippen molar-refractivity contribution in [2.75, 3.05) is 26.3 Å². The molecule has 0 aliphatic carbocycles. The molecule has 0 saturated carbocycles. The van der Waals surface area contributed by atoms with E-state index < -0.39 is 6.29 Å². The minimum Gasteiger partial charge on any atom is -0.459 e. The molecule has 1 saturated heterocycles. The summed E-state index contributed by atoms with van der Waals surface area (Å²) in [6.07, 6.45) is 6.46. The van der Waals surface area contributed by atoms with Crippen LogP contribution in [0.3, 0.4) is 0 Å². The second-order valence-electron chi connectivity index (χ2n) is 8.25. The quantitative estimate of drug-likeness (QED) is 0.796. The van der Waals surface area contributed by atoms with E-state index in [9.17, 15) is 9.90 Å². The fraction of sp³-hybridized carbons (Fsp3) is 0.850. The highest BCUT2D eigenvalue weighted by atomic mass is 16.7. The van der Waals surface area contributed by atoms with Crippen molar-refractivity contribution in [1.82, 2.24) is 4.90 Å². The number of amides is 1. The Morgan fingerprint density at radius 1 is 1.32 bits per heavy atom. The maximum atomic E-state index is 12.9. The van der Waals surface area contributed by atoms with Crippen LogP contribution in [0.5, 0.6) is 0 Å². The molecule has 5 heteroatoms. The van der Waals surface area contributed by atoms with Crippen LogP contribution in [0.15, 0.2) is 11.8 Å². The summed E-state index contributed by atoms with van der Waals surface area (Å²) in [5.41, 5.74) is -0.00726. The average molecular weight is 354 g/mol. The lowest BCUT2D eigenvalue weighted by molar-refractivity contribution is -0.182. The maximum Gasteiger partial charge on any atom is 0.288 e. The number of hydrogen-bond donors (Lipinski definition) is 1. The van der Waals surface area contributed by atoms with Gasteiger partial charge in [0.25, 0.3) is 5.91 Å². The molecule has 25 heavy (non-hydrogen) atoms. The smallest absolute Gasteiger partial charge is 0.288 e. The monoisotopic (exact) mass is 353 g/mol. The number of allylic oxidation sites excluding steroid dienone is 1. The molecule has 0 spiro atoms. The fourth-order valence-electron chi connectivity index (χ4n) is 3.94. The first-order valence-electron chi connectivity index (χ1n) is 9.78. The number of carbonyl (C=O) groups excluding carboxylic acids is 1. The number of likely N-dealkylation sites (tertiary alicyclic amines) is 1.